The zero-order valence-corrected chi connectivity index (χ0v) is 16.0. The van der Waals surface area contributed by atoms with E-state index in [2.05, 4.69) is 15.5 Å². The Balaban J connectivity index is 2.06. The molecule has 0 bridgehead atoms. The Labute approximate surface area is 165 Å². The van der Waals surface area contributed by atoms with E-state index in [1.807, 2.05) is 41.2 Å². The third-order valence-electron chi connectivity index (χ3n) is 4.42. The average molecular weight is 397 g/mol. The van der Waals surface area contributed by atoms with Crippen molar-refractivity contribution in [3.8, 4) is 11.5 Å². The molecule has 3 aromatic heterocycles. The first kappa shape index (κ1) is 18.0. The highest BCUT2D eigenvalue weighted by atomic mass is 35.5. The molecule has 4 rings (SSSR count). The molecule has 3 heterocycles. The van der Waals surface area contributed by atoms with Crippen molar-refractivity contribution in [1.82, 2.24) is 29.4 Å². The van der Waals surface area contributed by atoms with Crippen molar-refractivity contribution in [3.05, 3.63) is 69.9 Å². The summed E-state index contributed by atoms with van der Waals surface area (Å²) in [5.74, 6) is 0.268. The molecule has 0 aliphatic heterocycles. The van der Waals surface area contributed by atoms with Crippen LogP contribution in [0.2, 0.25) is 5.02 Å². The van der Waals surface area contributed by atoms with Gasteiger partial charge in [-0.15, -0.1) is 0 Å². The third kappa shape index (κ3) is 2.97. The number of halogens is 1. The largest absolute Gasteiger partial charge is 0.358 e. The maximum absolute atomic E-state index is 13.2. The van der Waals surface area contributed by atoms with E-state index in [0.717, 1.165) is 10.4 Å². The highest BCUT2D eigenvalue weighted by molar-refractivity contribution is 6.30. The van der Waals surface area contributed by atoms with Gasteiger partial charge in [-0.2, -0.15) is 10.2 Å². The first-order chi connectivity index (χ1) is 13.5. The standard InChI is InChI=1S/C19H17ClN6O2/c1-12-17-16(19(28)25(22-12)11-15(27)21-2)18(24-9-3-4-10-24)26(23-17)14-7-5-13(20)6-8-14/h3-10H,11H2,1-2H3,(H,21,27). The first-order valence-corrected chi connectivity index (χ1v) is 8.97. The number of fused-ring (bicyclic) bond motifs is 1. The minimum atomic E-state index is -0.381. The van der Waals surface area contributed by atoms with Crippen molar-refractivity contribution in [3.63, 3.8) is 0 Å². The molecular formula is C19H17ClN6O2. The van der Waals surface area contributed by atoms with E-state index in [0.29, 0.717) is 27.4 Å². The number of hydrogen-bond donors (Lipinski definition) is 1. The molecule has 0 unspecified atom stereocenters. The van der Waals surface area contributed by atoms with Crippen molar-refractivity contribution in [2.75, 3.05) is 7.05 Å². The van der Waals surface area contributed by atoms with E-state index in [9.17, 15) is 9.59 Å². The predicted molar refractivity (Wildman–Crippen MR) is 106 cm³/mol. The van der Waals surface area contributed by atoms with Gasteiger partial charge in [0.15, 0.2) is 5.82 Å². The minimum Gasteiger partial charge on any atom is -0.358 e. The van der Waals surface area contributed by atoms with Gasteiger partial charge in [-0.1, -0.05) is 11.6 Å². The predicted octanol–water partition coefficient (Wildman–Crippen LogP) is 2.08. The molecule has 0 aliphatic carbocycles. The maximum atomic E-state index is 13.2. The number of aromatic nitrogens is 5. The first-order valence-electron chi connectivity index (χ1n) is 8.60. The molecule has 1 amide bonds. The summed E-state index contributed by atoms with van der Waals surface area (Å²) < 4.78 is 4.66. The monoisotopic (exact) mass is 396 g/mol. The van der Waals surface area contributed by atoms with E-state index in [-0.39, 0.29) is 18.0 Å². The van der Waals surface area contributed by atoms with Gasteiger partial charge in [0, 0.05) is 24.5 Å². The number of aryl methyl sites for hydroxylation is 1. The number of likely N-dealkylation sites (N-methyl/N-ethyl adjacent to an activating group) is 1. The van der Waals surface area contributed by atoms with E-state index in [4.69, 9.17) is 11.6 Å². The summed E-state index contributed by atoms with van der Waals surface area (Å²) in [6.07, 6.45) is 3.67. The van der Waals surface area contributed by atoms with Gasteiger partial charge in [0.2, 0.25) is 5.91 Å². The lowest BCUT2D eigenvalue weighted by molar-refractivity contribution is -0.121. The van der Waals surface area contributed by atoms with E-state index >= 15 is 0 Å². The quantitative estimate of drug-likeness (QED) is 0.572. The van der Waals surface area contributed by atoms with Crippen LogP contribution in [-0.4, -0.2) is 37.1 Å². The van der Waals surface area contributed by atoms with Crippen LogP contribution in [0.15, 0.2) is 53.6 Å². The van der Waals surface area contributed by atoms with Gasteiger partial charge >= 0.3 is 0 Å². The lowest BCUT2D eigenvalue weighted by atomic mass is 10.2. The topological polar surface area (TPSA) is 86.7 Å². The fraction of sp³-hybridized carbons (Fsp3) is 0.158. The van der Waals surface area contributed by atoms with Gasteiger partial charge < -0.3 is 9.88 Å². The third-order valence-corrected chi connectivity index (χ3v) is 4.67. The summed E-state index contributed by atoms with van der Waals surface area (Å²) in [5, 5.41) is 12.4. The van der Waals surface area contributed by atoms with Crippen molar-refractivity contribution in [2.45, 2.75) is 13.5 Å². The summed E-state index contributed by atoms with van der Waals surface area (Å²) in [7, 11) is 1.52. The molecule has 0 radical (unpaired) electrons. The van der Waals surface area contributed by atoms with Crippen LogP contribution < -0.4 is 10.9 Å². The van der Waals surface area contributed by atoms with E-state index < -0.39 is 0 Å². The molecule has 142 valence electrons. The van der Waals surface area contributed by atoms with Gasteiger partial charge in [-0.25, -0.2) is 9.36 Å². The van der Waals surface area contributed by atoms with Crippen molar-refractivity contribution >= 4 is 28.4 Å². The summed E-state index contributed by atoms with van der Waals surface area (Å²) in [5.41, 5.74) is 1.41. The Hall–Kier alpha value is -3.39. The van der Waals surface area contributed by atoms with Crippen LogP contribution in [0, 0.1) is 6.92 Å². The van der Waals surface area contributed by atoms with Gasteiger partial charge in [-0.05, 0) is 43.3 Å². The zero-order chi connectivity index (χ0) is 19.8. The van der Waals surface area contributed by atoms with Crippen LogP contribution in [0.1, 0.15) is 5.69 Å². The fourth-order valence-corrected chi connectivity index (χ4v) is 3.19. The molecule has 0 saturated carbocycles. The zero-order valence-electron chi connectivity index (χ0n) is 15.3. The number of nitrogens with one attached hydrogen (secondary N) is 1. The average Bonchev–Trinajstić information content (AvgIpc) is 3.34. The van der Waals surface area contributed by atoms with Crippen LogP contribution in [0.3, 0.4) is 0 Å². The number of amides is 1. The van der Waals surface area contributed by atoms with Crippen LogP contribution in [-0.2, 0) is 11.3 Å². The number of rotatable bonds is 4. The van der Waals surface area contributed by atoms with E-state index in [1.54, 1.807) is 23.7 Å². The summed E-state index contributed by atoms with van der Waals surface area (Å²) in [6.45, 7) is 1.60. The van der Waals surface area contributed by atoms with Crippen LogP contribution in [0.25, 0.3) is 22.4 Å². The molecule has 1 aromatic carbocycles. The number of carbonyl (C=O) groups excluding carboxylic acids is 1. The number of benzene rings is 1. The highest BCUT2D eigenvalue weighted by Crippen LogP contribution is 2.25. The number of carbonyl (C=O) groups is 1. The molecule has 28 heavy (non-hydrogen) atoms. The molecule has 0 aliphatic rings. The molecule has 9 heteroatoms. The van der Waals surface area contributed by atoms with Crippen molar-refractivity contribution in [2.24, 2.45) is 0 Å². The summed E-state index contributed by atoms with van der Waals surface area (Å²) >= 11 is 6.01. The number of hydrogen-bond acceptors (Lipinski definition) is 4. The van der Waals surface area contributed by atoms with Gasteiger partial charge in [-0.3, -0.25) is 9.59 Å². The molecule has 0 spiro atoms. The molecule has 1 N–H and O–H groups in total. The Morgan fingerprint density at radius 3 is 2.46 bits per heavy atom. The van der Waals surface area contributed by atoms with Crippen LogP contribution in [0.5, 0.6) is 0 Å². The van der Waals surface area contributed by atoms with Crippen molar-refractivity contribution < 1.29 is 4.79 Å². The lowest BCUT2D eigenvalue weighted by Crippen LogP contribution is -2.32. The normalized spacial score (nSPS) is 11.1. The Morgan fingerprint density at radius 1 is 1.14 bits per heavy atom. The Kier molecular flexibility index (Phi) is 4.48. The molecule has 4 aromatic rings. The lowest BCUT2D eigenvalue weighted by Gasteiger charge is -2.09. The molecule has 0 atom stereocenters. The molecule has 8 nitrogen and oxygen atoms in total. The van der Waals surface area contributed by atoms with Crippen LogP contribution >= 0.6 is 11.6 Å². The molecular weight excluding hydrogens is 380 g/mol. The second-order valence-corrected chi connectivity index (χ2v) is 6.68. The van der Waals surface area contributed by atoms with Gasteiger partial charge in [0.05, 0.1) is 11.4 Å². The van der Waals surface area contributed by atoms with Crippen LogP contribution in [0.4, 0.5) is 0 Å². The Bertz CT molecular complexity index is 1220. The van der Waals surface area contributed by atoms with E-state index in [1.165, 1.54) is 7.05 Å². The second kappa shape index (κ2) is 6.97. The SMILES string of the molecule is CNC(=O)Cn1nc(C)c2nn(-c3ccc(Cl)cc3)c(-n3cccc3)c2c1=O. The van der Waals surface area contributed by atoms with Gasteiger partial charge in [0.25, 0.3) is 5.56 Å². The minimum absolute atomic E-state index is 0.163. The number of nitrogens with zero attached hydrogens (tertiary/aromatic N) is 5. The fourth-order valence-electron chi connectivity index (χ4n) is 3.06. The molecule has 0 fully saturated rings. The highest BCUT2D eigenvalue weighted by Gasteiger charge is 2.22. The Morgan fingerprint density at radius 2 is 1.82 bits per heavy atom. The van der Waals surface area contributed by atoms with Gasteiger partial charge in [0.1, 0.15) is 17.4 Å². The molecule has 0 saturated heterocycles. The smallest absolute Gasteiger partial charge is 0.280 e. The summed E-state index contributed by atoms with van der Waals surface area (Å²) in [6, 6.07) is 10.9. The van der Waals surface area contributed by atoms with Crippen molar-refractivity contribution in [1.29, 1.82) is 0 Å². The second-order valence-electron chi connectivity index (χ2n) is 6.25. The maximum Gasteiger partial charge on any atom is 0.280 e. The summed E-state index contributed by atoms with van der Waals surface area (Å²) in [4.78, 5) is 25.0.